The summed E-state index contributed by atoms with van der Waals surface area (Å²) in [6.45, 7) is 0. The smallest absolute Gasteiger partial charge is 0.822 e. The molecule has 0 spiro atoms. The van der Waals surface area contributed by atoms with Crippen LogP contribution >= 0.6 is 7.82 Å². The van der Waals surface area contributed by atoms with Crippen molar-refractivity contribution < 1.29 is 36.3 Å². The van der Waals surface area contributed by atoms with Gasteiger partial charge < -0.3 is 19.2 Å². The summed E-state index contributed by atoms with van der Waals surface area (Å²) in [4.78, 5) is 25.6. The van der Waals surface area contributed by atoms with Crippen LogP contribution in [0.25, 0.3) is 0 Å². The Morgan fingerprint density at radius 2 is 1.14 bits per heavy atom. The number of hydrogen-bond donors (Lipinski definition) is 0. The zero-order chi connectivity index (χ0) is 4.50. The maximum atomic E-state index is 8.55. The Balaban J connectivity index is -0.0000000800. The standard InChI is InChI=1S/Al.Fe.H3O4P/c;;1-5(2,3)4/h;;(H3,1,2,3,4)/q;+3;/p-3. The summed E-state index contributed by atoms with van der Waals surface area (Å²) in [5.74, 6) is 0. The summed E-state index contributed by atoms with van der Waals surface area (Å²) in [7, 11) is -5.39. The molecule has 0 bridgehead atoms. The van der Waals surface area contributed by atoms with E-state index in [1.54, 1.807) is 0 Å². The van der Waals surface area contributed by atoms with E-state index in [4.69, 9.17) is 19.2 Å². The van der Waals surface area contributed by atoms with Crippen LogP contribution in [-0.2, 0) is 21.6 Å². The van der Waals surface area contributed by atoms with Crippen LogP contribution in [0.15, 0.2) is 0 Å². The third-order valence-corrected chi connectivity index (χ3v) is 0. The zero-order valence-electron chi connectivity index (χ0n) is 3.01. The van der Waals surface area contributed by atoms with Crippen molar-refractivity contribution in [2.75, 3.05) is 0 Å². The molecule has 0 amide bonds. The van der Waals surface area contributed by atoms with E-state index in [2.05, 4.69) is 0 Å². The Morgan fingerprint density at radius 3 is 1.14 bits per heavy atom. The predicted octanol–water partition coefficient (Wildman–Crippen LogP) is -3.21. The van der Waals surface area contributed by atoms with Crippen LogP contribution in [0.3, 0.4) is 0 Å². The van der Waals surface area contributed by atoms with E-state index in [9.17, 15) is 0 Å². The molecular formula is AlFeO4P. The third-order valence-electron chi connectivity index (χ3n) is 0. The van der Waals surface area contributed by atoms with Gasteiger partial charge >= 0.3 is 17.1 Å². The van der Waals surface area contributed by atoms with Gasteiger partial charge in [0.15, 0.2) is 0 Å². The monoisotopic (exact) mass is 178 g/mol. The predicted molar refractivity (Wildman–Crippen MR) is 13.4 cm³/mol. The van der Waals surface area contributed by atoms with E-state index >= 15 is 0 Å². The van der Waals surface area contributed by atoms with Gasteiger partial charge in [-0.25, -0.2) is 0 Å². The first kappa shape index (κ1) is 15.7. The summed E-state index contributed by atoms with van der Waals surface area (Å²) in [6.07, 6.45) is 0. The zero-order valence-corrected chi connectivity index (χ0v) is 6.16. The van der Waals surface area contributed by atoms with Crippen LogP contribution in [0, 0.1) is 0 Å². The van der Waals surface area contributed by atoms with E-state index in [1.165, 1.54) is 0 Å². The molecule has 0 aromatic carbocycles. The summed E-state index contributed by atoms with van der Waals surface area (Å²) >= 11 is 0. The average Bonchev–Trinajstić information content (AvgIpc) is 0.722. The van der Waals surface area contributed by atoms with Gasteiger partial charge in [-0.1, -0.05) is 0 Å². The fourth-order valence-electron chi connectivity index (χ4n) is 0. The molecular weight excluding hydrogens is 178 g/mol. The second-order valence-electron chi connectivity index (χ2n) is 0.447. The minimum atomic E-state index is -5.39. The molecule has 0 aliphatic rings. The van der Waals surface area contributed by atoms with Gasteiger partial charge in [-0.15, -0.1) is 0 Å². The molecule has 0 fully saturated rings. The molecule has 0 rings (SSSR count). The first-order chi connectivity index (χ1) is 2.00. The molecule has 7 heteroatoms. The first-order valence-corrected chi connectivity index (χ1v) is 2.19. The molecule has 40 valence electrons. The third kappa shape index (κ3) is 141. The molecule has 0 N–H and O–H groups in total. The summed E-state index contributed by atoms with van der Waals surface area (Å²) < 4.78 is 8.55. The van der Waals surface area contributed by atoms with Gasteiger partial charge in [0.1, 0.15) is 0 Å². The van der Waals surface area contributed by atoms with E-state index in [-0.39, 0.29) is 34.4 Å². The molecule has 0 aromatic rings. The van der Waals surface area contributed by atoms with Crippen LogP contribution in [-0.4, -0.2) is 17.4 Å². The molecule has 7 heavy (non-hydrogen) atoms. The van der Waals surface area contributed by atoms with Crippen molar-refractivity contribution in [2.45, 2.75) is 0 Å². The first-order valence-electron chi connectivity index (χ1n) is 0.730. The second-order valence-corrected chi connectivity index (χ2v) is 1.34. The fraction of sp³-hybridized carbons (Fsp3) is 0. The van der Waals surface area contributed by atoms with Crippen LogP contribution in [0.2, 0.25) is 0 Å². The van der Waals surface area contributed by atoms with E-state index < -0.39 is 7.82 Å². The minimum absolute atomic E-state index is 0. The van der Waals surface area contributed by atoms with Crippen LogP contribution in [0.4, 0.5) is 0 Å². The van der Waals surface area contributed by atoms with E-state index in [0.717, 1.165) is 0 Å². The Bertz CT molecular complexity index is 57.8. The fourth-order valence-corrected chi connectivity index (χ4v) is 0. The normalized spacial score (nSPS) is 8.43. The van der Waals surface area contributed by atoms with Crippen molar-refractivity contribution in [1.29, 1.82) is 0 Å². The molecule has 0 saturated heterocycles. The minimum Gasteiger partial charge on any atom is -0.822 e. The second kappa shape index (κ2) is 5.30. The number of hydrogen-bond acceptors (Lipinski definition) is 4. The topological polar surface area (TPSA) is 86.2 Å². The molecule has 0 unspecified atom stereocenters. The van der Waals surface area contributed by atoms with Gasteiger partial charge in [-0.2, -0.15) is 7.82 Å². The van der Waals surface area contributed by atoms with Crippen molar-refractivity contribution >= 4 is 25.2 Å². The van der Waals surface area contributed by atoms with Crippen LogP contribution in [0.1, 0.15) is 0 Å². The molecule has 0 aliphatic heterocycles. The largest absolute Gasteiger partial charge is 3.00 e. The molecule has 4 radical (unpaired) electrons. The van der Waals surface area contributed by atoms with Crippen molar-refractivity contribution in [3.63, 3.8) is 0 Å². The summed E-state index contributed by atoms with van der Waals surface area (Å²) in [5.41, 5.74) is 0. The van der Waals surface area contributed by atoms with Gasteiger partial charge in [0.25, 0.3) is 0 Å². The van der Waals surface area contributed by atoms with Crippen molar-refractivity contribution in [2.24, 2.45) is 0 Å². The van der Waals surface area contributed by atoms with Gasteiger partial charge in [0.2, 0.25) is 0 Å². The molecule has 0 atom stereocenters. The maximum absolute atomic E-state index is 8.55. The number of phosphoric acid groups is 1. The molecule has 0 heterocycles. The van der Waals surface area contributed by atoms with Gasteiger partial charge in [-0.3, -0.25) is 0 Å². The Kier molecular flexibility index (Phi) is 11.9. The molecule has 0 aromatic heterocycles. The molecule has 4 nitrogen and oxygen atoms in total. The quantitative estimate of drug-likeness (QED) is 0.288. The number of rotatable bonds is 0. The van der Waals surface area contributed by atoms with Crippen LogP contribution in [0.5, 0.6) is 0 Å². The Morgan fingerprint density at radius 1 is 1.14 bits per heavy atom. The molecule has 0 saturated carbocycles. The Hall–Kier alpha value is 1.16. The van der Waals surface area contributed by atoms with Gasteiger partial charge in [0.05, 0.1) is 0 Å². The van der Waals surface area contributed by atoms with Crippen molar-refractivity contribution in [3.8, 4) is 0 Å². The molecule has 0 aliphatic carbocycles. The van der Waals surface area contributed by atoms with Crippen LogP contribution < -0.4 is 14.7 Å². The van der Waals surface area contributed by atoms with Crippen molar-refractivity contribution in [1.82, 2.24) is 0 Å². The maximum Gasteiger partial charge on any atom is 3.00 e. The Labute approximate surface area is 61.8 Å². The van der Waals surface area contributed by atoms with E-state index in [0.29, 0.717) is 0 Å². The van der Waals surface area contributed by atoms with Gasteiger partial charge in [-0.05, 0) is 0 Å². The summed E-state index contributed by atoms with van der Waals surface area (Å²) in [6, 6.07) is 0. The van der Waals surface area contributed by atoms with E-state index in [1.807, 2.05) is 0 Å². The van der Waals surface area contributed by atoms with Crippen molar-refractivity contribution in [3.05, 3.63) is 0 Å². The SMILES string of the molecule is O=P([O-])([O-])[O-].[Al].[Fe+3]. The van der Waals surface area contributed by atoms with Gasteiger partial charge in [0, 0.05) is 17.4 Å². The average molecular weight is 178 g/mol. The summed E-state index contributed by atoms with van der Waals surface area (Å²) in [5, 5.41) is 0.